The largest absolute Gasteiger partial charge is 0.228 e. The molecule has 0 amide bonds. The number of benzene rings is 6. The summed E-state index contributed by atoms with van der Waals surface area (Å²) in [4.78, 5) is 10.3. The van der Waals surface area contributed by atoms with E-state index in [1.54, 1.807) is 0 Å². The monoisotopic (exact) mass is 601 g/mol. The number of hydrogen-bond donors (Lipinski definition) is 0. The molecule has 0 bridgehead atoms. The van der Waals surface area contributed by atoms with Gasteiger partial charge in [-0.3, -0.25) is 0 Å². The normalized spacial score (nSPS) is 12.6. The zero-order valence-corrected chi connectivity index (χ0v) is 26.3. The fraction of sp³-hybridized carbons (Fsp3) is 0.0682. The Bertz CT molecular complexity index is 2330. The van der Waals surface area contributed by atoms with Gasteiger partial charge >= 0.3 is 0 Å². The van der Waals surface area contributed by atoms with Gasteiger partial charge in [-0.1, -0.05) is 141 Å². The molecule has 1 aliphatic carbocycles. The third-order valence-corrected chi connectivity index (χ3v) is 9.36. The Morgan fingerprint density at radius 2 is 1.11 bits per heavy atom. The van der Waals surface area contributed by atoms with Crippen LogP contribution in [0.3, 0.4) is 0 Å². The van der Waals surface area contributed by atoms with Crippen LogP contribution in [0.15, 0.2) is 152 Å². The van der Waals surface area contributed by atoms with Crippen molar-refractivity contribution in [1.29, 1.82) is 5.26 Å². The molecule has 0 unspecified atom stereocenters. The third kappa shape index (κ3) is 4.92. The van der Waals surface area contributed by atoms with Crippen LogP contribution in [0.25, 0.3) is 67.3 Å². The molecular weight excluding hydrogens is 571 g/mol. The van der Waals surface area contributed by atoms with Gasteiger partial charge in [-0.2, -0.15) is 5.26 Å². The molecule has 6 aromatic carbocycles. The van der Waals surface area contributed by atoms with Crippen LogP contribution in [-0.4, -0.2) is 9.97 Å². The topological polar surface area (TPSA) is 49.6 Å². The van der Waals surface area contributed by atoms with E-state index in [0.29, 0.717) is 11.4 Å². The lowest BCUT2D eigenvalue weighted by atomic mass is 9.82. The Balaban J connectivity index is 1.30. The molecule has 1 heterocycles. The summed E-state index contributed by atoms with van der Waals surface area (Å²) in [6.45, 7) is 4.49. The minimum Gasteiger partial charge on any atom is -0.228 e. The average molecular weight is 602 g/mol. The maximum Gasteiger partial charge on any atom is 0.160 e. The van der Waals surface area contributed by atoms with E-state index in [1.165, 1.54) is 11.1 Å². The lowest BCUT2D eigenvalue weighted by Gasteiger charge is -2.21. The van der Waals surface area contributed by atoms with Crippen molar-refractivity contribution in [1.82, 2.24) is 9.97 Å². The third-order valence-electron chi connectivity index (χ3n) is 9.36. The summed E-state index contributed by atoms with van der Waals surface area (Å²) < 4.78 is 0. The number of rotatable bonds is 5. The predicted octanol–water partition coefficient (Wildman–Crippen LogP) is 11.0. The maximum atomic E-state index is 10.0. The van der Waals surface area contributed by atoms with Crippen LogP contribution in [-0.2, 0) is 5.41 Å². The Morgan fingerprint density at radius 3 is 1.87 bits per heavy atom. The van der Waals surface area contributed by atoms with Gasteiger partial charge in [-0.25, -0.2) is 9.97 Å². The molecule has 0 fully saturated rings. The number of nitrogens with zero attached hydrogens (tertiary/aromatic N) is 3. The molecular formula is C44H31N3. The van der Waals surface area contributed by atoms with Crippen LogP contribution in [0, 0.1) is 11.3 Å². The van der Waals surface area contributed by atoms with Crippen LogP contribution in [0.4, 0.5) is 0 Å². The average Bonchev–Trinajstić information content (AvgIpc) is 3.38. The highest BCUT2D eigenvalue weighted by Gasteiger charge is 2.37. The fourth-order valence-corrected chi connectivity index (χ4v) is 6.96. The lowest BCUT2D eigenvalue weighted by molar-refractivity contribution is 0.660. The highest BCUT2D eigenvalue weighted by atomic mass is 14.9. The van der Waals surface area contributed by atoms with Crippen LogP contribution < -0.4 is 0 Å². The second-order valence-electron chi connectivity index (χ2n) is 12.5. The minimum absolute atomic E-state index is 0.185. The Morgan fingerprint density at radius 1 is 0.468 bits per heavy atom. The molecule has 0 N–H and O–H groups in total. The zero-order valence-electron chi connectivity index (χ0n) is 26.3. The first-order valence-corrected chi connectivity index (χ1v) is 15.9. The number of fused-ring (bicyclic) bond motifs is 3. The molecule has 7 aromatic rings. The highest BCUT2D eigenvalue weighted by Crippen LogP contribution is 2.51. The van der Waals surface area contributed by atoms with Gasteiger partial charge in [0.15, 0.2) is 5.82 Å². The number of nitriles is 1. The number of aromatic nitrogens is 2. The molecule has 0 radical (unpaired) electrons. The van der Waals surface area contributed by atoms with E-state index < -0.39 is 0 Å². The van der Waals surface area contributed by atoms with Crippen molar-refractivity contribution in [2.24, 2.45) is 0 Å². The molecule has 3 heteroatoms. The molecule has 0 saturated carbocycles. The SMILES string of the molecule is CC1(C)c2ccc(-c3ccccc3-c3cc(-c4cccc(-c5ccccc5)c4)nc(-c4ccccc4)n3)cc2-c2c(C#N)cccc21. The molecule has 0 spiro atoms. The van der Waals surface area contributed by atoms with Crippen molar-refractivity contribution in [3.63, 3.8) is 0 Å². The van der Waals surface area contributed by atoms with E-state index in [2.05, 4.69) is 135 Å². The van der Waals surface area contributed by atoms with Gasteiger partial charge in [0.25, 0.3) is 0 Å². The quantitative estimate of drug-likeness (QED) is 0.197. The van der Waals surface area contributed by atoms with Crippen molar-refractivity contribution in [3.05, 3.63) is 168 Å². The minimum atomic E-state index is -0.185. The van der Waals surface area contributed by atoms with Gasteiger partial charge in [-0.15, -0.1) is 0 Å². The maximum absolute atomic E-state index is 10.0. The predicted molar refractivity (Wildman–Crippen MR) is 191 cm³/mol. The van der Waals surface area contributed by atoms with Crippen molar-refractivity contribution in [2.75, 3.05) is 0 Å². The summed E-state index contributed by atoms with van der Waals surface area (Å²) >= 11 is 0. The van der Waals surface area contributed by atoms with Crippen LogP contribution >= 0.6 is 0 Å². The molecule has 1 aliphatic rings. The van der Waals surface area contributed by atoms with Gasteiger partial charge in [0, 0.05) is 27.7 Å². The summed E-state index contributed by atoms with van der Waals surface area (Å²) in [5.41, 5.74) is 14.4. The van der Waals surface area contributed by atoms with E-state index in [-0.39, 0.29) is 5.41 Å². The molecule has 1 aromatic heterocycles. The van der Waals surface area contributed by atoms with E-state index >= 15 is 0 Å². The second kappa shape index (κ2) is 11.4. The van der Waals surface area contributed by atoms with Crippen LogP contribution in [0.2, 0.25) is 0 Å². The standard InChI is InChI=1S/C44H31N3/c1-44(2)38-24-23-32(26-37(38)42-34(28-45)19-12-22-39(42)44)35-20-9-10-21-36(35)41-27-40(46-43(47-41)30-15-7-4-8-16-30)33-18-11-17-31(25-33)29-13-5-3-6-14-29/h3-27H,1-2H3. The van der Waals surface area contributed by atoms with Crippen LogP contribution in [0.5, 0.6) is 0 Å². The smallest absolute Gasteiger partial charge is 0.160 e. The van der Waals surface area contributed by atoms with Gasteiger partial charge < -0.3 is 0 Å². The fourth-order valence-electron chi connectivity index (χ4n) is 6.96. The van der Waals surface area contributed by atoms with Crippen molar-refractivity contribution in [3.8, 4) is 73.4 Å². The summed E-state index contributed by atoms with van der Waals surface area (Å²) in [7, 11) is 0. The van der Waals surface area contributed by atoms with Gasteiger partial charge in [0.2, 0.25) is 0 Å². The van der Waals surface area contributed by atoms with Crippen LogP contribution in [0.1, 0.15) is 30.5 Å². The van der Waals surface area contributed by atoms with Gasteiger partial charge in [0.05, 0.1) is 23.0 Å². The molecule has 0 atom stereocenters. The first-order valence-electron chi connectivity index (χ1n) is 15.9. The number of hydrogen-bond acceptors (Lipinski definition) is 3. The summed E-state index contributed by atoms with van der Waals surface area (Å²) in [5, 5.41) is 10.0. The molecule has 0 saturated heterocycles. The van der Waals surface area contributed by atoms with Crippen molar-refractivity contribution < 1.29 is 0 Å². The Kier molecular flexibility index (Phi) is 6.85. The first kappa shape index (κ1) is 28.4. The van der Waals surface area contributed by atoms with Gasteiger partial charge in [0.1, 0.15) is 0 Å². The van der Waals surface area contributed by atoms with E-state index in [9.17, 15) is 5.26 Å². The summed E-state index contributed by atoms with van der Waals surface area (Å²) in [6.07, 6.45) is 0. The van der Waals surface area contributed by atoms with Gasteiger partial charge in [-0.05, 0) is 63.2 Å². The molecule has 0 aliphatic heterocycles. The summed E-state index contributed by atoms with van der Waals surface area (Å²) in [6, 6.07) is 54.9. The van der Waals surface area contributed by atoms with E-state index in [0.717, 1.165) is 61.5 Å². The Labute approximate surface area is 275 Å². The van der Waals surface area contributed by atoms with Crippen molar-refractivity contribution in [2.45, 2.75) is 19.3 Å². The second-order valence-corrected chi connectivity index (χ2v) is 12.5. The van der Waals surface area contributed by atoms with E-state index in [4.69, 9.17) is 9.97 Å². The molecule has 222 valence electrons. The molecule has 3 nitrogen and oxygen atoms in total. The first-order chi connectivity index (χ1) is 23.0. The summed E-state index contributed by atoms with van der Waals surface area (Å²) in [5.74, 6) is 0.682. The molecule has 47 heavy (non-hydrogen) atoms. The highest BCUT2D eigenvalue weighted by molar-refractivity contribution is 5.91. The Hall–Kier alpha value is -6.11. The molecule has 8 rings (SSSR count). The van der Waals surface area contributed by atoms with E-state index in [1.807, 2.05) is 36.4 Å². The lowest BCUT2D eigenvalue weighted by Crippen LogP contribution is -2.14. The van der Waals surface area contributed by atoms with Crippen molar-refractivity contribution >= 4 is 0 Å². The zero-order chi connectivity index (χ0) is 32.0.